The summed E-state index contributed by atoms with van der Waals surface area (Å²) in [6, 6.07) is 7.64. The molecule has 2 atom stereocenters. The summed E-state index contributed by atoms with van der Waals surface area (Å²) in [5, 5.41) is 12.6. The Morgan fingerprint density at radius 3 is 2.55 bits per heavy atom. The van der Waals surface area contributed by atoms with Gasteiger partial charge in [-0.25, -0.2) is 0 Å². The number of benzene rings is 1. The number of nitrogens with one attached hydrogen (secondary N) is 1. The molecule has 0 radical (unpaired) electrons. The predicted molar refractivity (Wildman–Crippen MR) is 78.7 cm³/mol. The topological polar surface area (TPSA) is 92.4 Å². The van der Waals surface area contributed by atoms with Crippen LogP contribution in [0.5, 0.6) is 0 Å². The van der Waals surface area contributed by atoms with Gasteiger partial charge in [0.25, 0.3) is 0 Å². The molecule has 6 heteroatoms. The van der Waals surface area contributed by atoms with Gasteiger partial charge < -0.3 is 0 Å². The minimum absolute atomic E-state index is 0.256. The van der Waals surface area contributed by atoms with Crippen LogP contribution in [0.25, 0.3) is 0 Å². The summed E-state index contributed by atoms with van der Waals surface area (Å²) in [5.74, 6) is 0.638. The normalized spacial score (nSPS) is 13.5. The molecule has 0 bridgehead atoms. The van der Waals surface area contributed by atoms with Crippen molar-refractivity contribution in [2.45, 2.75) is 36.1 Å². The number of hydrogen-bond donors (Lipinski definition) is 3. The summed E-state index contributed by atoms with van der Waals surface area (Å²) in [6.07, 6.45) is 0.854. The van der Waals surface area contributed by atoms with Crippen LogP contribution in [-0.4, -0.2) is 44.0 Å². The van der Waals surface area contributed by atoms with E-state index in [1.54, 1.807) is 0 Å². The molecular formula is C14H20N2O3Se. The average molecular weight is 343 g/mol. The van der Waals surface area contributed by atoms with Crippen LogP contribution in [0.2, 0.25) is 11.1 Å². The monoisotopic (exact) mass is 344 g/mol. The molecule has 0 aromatic heterocycles. The number of carbonyl (C=O) groups excluding carboxylic acids is 1. The number of nitrogens with two attached hydrogens (primary N) is 1. The molecule has 5 nitrogen and oxygen atoms in total. The average Bonchev–Trinajstić information content (AvgIpc) is 2.44. The molecule has 0 aliphatic carbocycles. The Balaban J connectivity index is 2.59. The van der Waals surface area contributed by atoms with E-state index in [1.807, 2.05) is 30.3 Å². The fraction of sp³-hybridized carbons (Fsp3) is 0.429. The fourth-order valence-electron chi connectivity index (χ4n) is 1.70. The molecule has 1 rings (SSSR count). The van der Waals surface area contributed by atoms with Gasteiger partial charge in [0.2, 0.25) is 0 Å². The quantitative estimate of drug-likeness (QED) is 0.606. The zero-order valence-electron chi connectivity index (χ0n) is 11.4. The number of carboxylic acids is 1. The minimum atomic E-state index is -1.05. The van der Waals surface area contributed by atoms with Crippen molar-refractivity contribution in [3.05, 3.63) is 35.9 Å². The molecule has 110 valence electrons. The first-order valence-corrected chi connectivity index (χ1v) is 9.28. The van der Waals surface area contributed by atoms with E-state index in [9.17, 15) is 14.7 Å². The second-order valence-corrected chi connectivity index (χ2v) is 6.54. The summed E-state index contributed by atoms with van der Waals surface area (Å²) in [6.45, 7) is 0. The number of carboxylic acid groups (broad SMARTS) is 1. The maximum absolute atomic E-state index is 11.9. The van der Waals surface area contributed by atoms with Gasteiger partial charge in [0.15, 0.2) is 0 Å². The van der Waals surface area contributed by atoms with Gasteiger partial charge in [-0.1, -0.05) is 0 Å². The van der Waals surface area contributed by atoms with Gasteiger partial charge >= 0.3 is 125 Å². The van der Waals surface area contributed by atoms with Crippen LogP contribution in [0.1, 0.15) is 12.0 Å². The number of aliphatic carboxylic acids is 1. The van der Waals surface area contributed by atoms with Crippen LogP contribution in [0.3, 0.4) is 0 Å². The summed E-state index contributed by atoms with van der Waals surface area (Å²) in [4.78, 5) is 23.1. The van der Waals surface area contributed by atoms with Crippen molar-refractivity contribution in [2.75, 3.05) is 0 Å². The van der Waals surface area contributed by atoms with E-state index in [4.69, 9.17) is 5.73 Å². The van der Waals surface area contributed by atoms with E-state index in [2.05, 4.69) is 11.1 Å². The molecule has 1 aromatic rings. The molecular weight excluding hydrogens is 323 g/mol. The van der Waals surface area contributed by atoms with Gasteiger partial charge in [0.1, 0.15) is 0 Å². The van der Waals surface area contributed by atoms with Crippen molar-refractivity contribution in [3.8, 4) is 0 Å². The first-order chi connectivity index (χ1) is 9.54. The van der Waals surface area contributed by atoms with E-state index in [1.165, 1.54) is 0 Å². The van der Waals surface area contributed by atoms with E-state index in [0.717, 1.165) is 10.9 Å². The van der Waals surface area contributed by atoms with Crippen LogP contribution < -0.4 is 11.1 Å². The summed E-state index contributed by atoms with van der Waals surface area (Å²) < 4.78 is 0. The third kappa shape index (κ3) is 5.73. The molecule has 0 spiro atoms. The van der Waals surface area contributed by atoms with Gasteiger partial charge in [0.05, 0.1) is 0 Å². The predicted octanol–water partition coefficient (Wildman–Crippen LogP) is 0.686. The Hall–Kier alpha value is -1.36. The number of rotatable bonds is 8. The van der Waals surface area contributed by atoms with E-state index in [0.29, 0.717) is 21.4 Å². The van der Waals surface area contributed by atoms with E-state index < -0.39 is 24.0 Å². The number of hydrogen-bond acceptors (Lipinski definition) is 3. The second kappa shape index (κ2) is 8.74. The molecule has 0 aliphatic heterocycles. The van der Waals surface area contributed by atoms with Crippen LogP contribution in [0, 0.1) is 0 Å². The number of carbonyl (C=O) groups is 2. The first-order valence-electron chi connectivity index (χ1n) is 6.36. The van der Waals surface area contributed by atoms with Gasteiger partial charge in [-0.3, -0.25) is 0 Å². The molecule has 0 aliphatic rings. The summed E-state index contributed by atoms with van der Waals surface area (Å²) in [5.41, 5.74) is 6.62. The molecule has 0 saturated carbocycles. The Morgan fingerprint density at radius 1 is 1.35 bits per heavy atom. The van der Waals surface area contributed by atoms with Crippen molar-refractivity contribution in [1.29, 1.82) is 0 Å². The van der Waals surface area contributed by atoms with Gasteiger partial charge in [-0.05, 0) is 0 Å². The molecule has 0 heterocycles. The molecule has 20 heavy (non-hydrogen) atoms. The standard InChI is InChI=1S/C14H20N2O3Se/c1-20-8-7-11(15)13(17)16-12(14(18)19)9-10-5-3-2-4-6-10/h2-6,11-12H,7-9,15H2,1H3,(H,16,17)(H,18,19)/t11-,12-/m0/s1. The summed E-state index contributed by atoms with van der Waals surface area (Å²) >= 11 is 0.466. The van der Waals surface area contributed by atoms with Crippen LogP contribution in [0.4, 0.5) is 0 Å². The SMILES string of the molecule is C[Se]CC[C@H](N)C(=O)N[C@@H](Cc1ccccc1)C(=O)O. The van der Waals surface area contributed by atoms with E-state index in [-0.39, 0.29) is 6.42 Å². The van der Waals surface area contributed by atoms with Crippen LogP contribution in [0.15, 0.2) is 30.3 Å². The molecule has 1 aromatic carbocycles. The van der Waals surface area contributed by atoms with Crippen LogP contribution >= 0.6 is 0 Å². The van der Waals surface area contributed by atoms with E-state index >= 15 is 0 Å². The van der Waals surface area contributed by atoms with Crippen molar-refractivity contribution >= 4 is 26.8 Å². The molecule has 0 saturated heterocycles. The molecule has 0 unspecified atom stereocenters. The Labute approximate surface area is 125 Å². The zero-order chi connectivity index (χ0) is 15.0. The first kappa shape index (κ1) is 16.7. The third-order valence-electron chi connectivity index (χ3n) is 2.87. The fourth-order valence-corrected chi connectivity index (χ4v) is 2.73. The van der Waals surface area contributed by atoms with Crippen molar-refractivity contribution in [2.24, 2.45) is 5.73 Å². The van der Waals surface area contributed by atoms with Crippen molar-refractivity contribution in [1.82, 2.24) is 5.32 Å². The number of amides is 1. The Morgan fingerprint density at radius 2 is 2.00 bits per heavy atom. The molecule has 4 N–H and O–H groups in total. The van der Waals surface area contributed by atoms with Gasteiger partial charge in [0, 0.05) is 0 Å². The van der Waals surface area contributed by atoms with Gasteiger partial charge in [-0.15, -0.1) is 0 Å². The Bertz CT molecular complexity index is 439. The van der Waals surface area contributed by atoms with Gasteiger partial charge in [-0.2, -0.15) is 0 Å². The molecule has 0 fully saturated rings. The maximum atomic E-state index is 11.9. The second-order valence-electron chi connectivity index (χ2n) is 4.48. The zero-order valence-corrected chi connectivity index (χ0v) is 13.1. The van der Waals surface area contributed by atoms with Crippen molar-refractivity contribution in [3.63, 3.8) is 0 Å². The van der Waals surface area contributed by atoms with Crippen LogP contribution in [-0.2, 0) is 16.0 Å². The Kier molecular flexibility index (Phi) is 7.29. The molecule has 1 amide bonds. The summed E-state index contributed by atoms with van der Waals surface area (Å²) in [7, 11) is 0. The third-order valence-corrected chi connectivity index (χ3v) is 4.22. The van der Waals surface area contributed by atoms with Crippen molar-refractivity contribution < 1.29 is 14.7 Å².